The van der Waals surface area contributed by atoms with E-state index in [1.807, 2.05) is 24.3 Å². The van der Waals surface area contributed by atoms with E-state index < -0.39 is 8.07 Å². The number of aromatic hydroxyl groups is 1. The molecule has 0 aliphatic rings. The average Bonchev–Trinajstić information content (AvgIpc) is 2.59. The van der Waals surface area contributed by atoms with E-state index >= 15 is 0 Å². The lowest BCUT2D eigenvalue weighted by Gasteiger charge is -2.50. The number of benzene rings is 2. The normalized spacial score (nSPS) is 11.9. The summed E-state index contributed by atoms with van der Waals surface area (Å²) >= 11 is 0. The van der Waals surface area contributed by atoms with Gasteiger partial charge in [0.1, 0.15) is 11.5 Å². The molecule has 147 valence electrons. The fourth-order valence-electron chi connectivity index (χ4n) is 4.30. The molecule has 0 saturated heterocycles. The highest BCUT2D eigenvalue weighted by molar-refractivity contribution is 6.90. The molecule has 0 atom stereocenters. The van der Waals surface area contributed by atoms with Crippen LogP contribution >= 0.6 is 0 Å². The van der Waals surface area contributed by atoms with Gasteiger partial charge in [0.25, 0.3) is 0 Å². The Morgan fingerprint density at radius 1 is 1.00 bits per heavy atom. The molecule has 2 rings (SSSR count). The third-order valence-corrected chi connectivity index (χ3v) is 11.8. The lowest BCUT2D eigenvalue weighted by Crippen LogP contribution is -2.43. The van der Waals surface area contributed by atoms with Gasteiger partial charge < -0.3 is 14.6 Å². The molecule has 0 fully saturated rings. The lowest BCUT2D eigenvalue weighted by atomic mass is 10.0. The Labute approximate surface area is 164 Å². The first-order valence-corrected chi connectivity index (χ1v) is 11.9. The van der Waals surface area contributed by atoms with Crippen LogP contribution in [0, 0.1) is 11.5 Å². The van der Waals surface area contributed by atoms with Gasteiger partial charge >= 0.3 is 0 Å². The lowest BCUT2D eigenvalue weighted by molar-refractivity contribution is 0.0511. The molecule has 0 radical (unpaired) electrons. The molecule has 4 heteroatoms. The van der Waals surface area contributed by atoms with Crippen molar-refractivity contribution in [1.29, 1.82) is 0 Å². The SMILES string of the molecule is COCOc1cc(O)c2c(C#C[Si-](C(C)C)(C(C)C)C(C)C)cccc2c1. The first-order valence-electron chi connectivity index (χ1n) is 9.64. The molecule has 0 aromatic heterocycles. The molecule has 0 aliphatic heterocycles. The number of phenols is 1. The van der Waals surface area contributed by atoms with Crippen LogP contribution in [0.5, 0.6) is 11.5 Å². The van der Waals surface area contributed by atoms with Crippen LogP contribution in [0.2, 0.25) is 16.6 Å². The van der Waals surface area contributed by atoms with Crippen LogP contribution < -0.4 is 4.74 Å². The predicted octanol–water partition coefficient (Wildman–Crippen LogP) is 6.10. The summed E-state index contributed by atoms with van der Waals surface area (Å²) in [7, 11) is -0.255. The highest BCUT2D eigenvalue weighted by Gasteiger charge is 2.28. The smallest absolute Gasteiger partial charge is 0.188 e. The van der Waals surface area contributed by atoms with E-state index in [0.29, 0.717) is 22.4 Å². The van der Waals surface area contributed by atoms with Crippen molar-refractivity contribution < 1.29 is 14.6 Å². The summed E-state index contributed by atoms with van der Waals surface area (Å²) in [5.74, 6) is 4.24. The quantitative estimate of drug-likeness (QED) is 0.372. The maximum atomic E-state index is 10.6. The molecule has 2 aromatic carbocycles. The summed E-state index contributed by atoms with van der Waals surface area (Å²) in [6.45, 7) is 14.0. The molecule has 0 aliphatic carbocycles. The van der Waals surface area contributed by atoms with Crippen molar-refractivity contribution in [1.82, 2.24) is 0 Å². The minimum Gasteiger partial charge on any atom is -0.507 e. The Hall–Kier alpha value is -1.96. The van der Waals surface area contributed by atoms with Crippen LogP contribution in [0.25, 0.3) is 10.8 Å². The number of phenolic OH excluding ortho intramolecular Hbond substituents is 1. The van der Waals surface area contributed by atoms with Crippen molar-refractivity contribution in [2.75, 3.05) is 13.9 Å². The van der Waals surface area contributed by atoms with Gasteiger partial charge in [-0.2, -0.15) is 0 Å². The maximum absolute atomic E-state index is 10.6. The van der Waals surface area contributed by atoms with E-state index in [1.165, 1.54) is 0 Å². The number of fused-ring (bicyclic) bond motifs is 1. The second-order valence-electron chi connectivity index (χ2n) is 8.04. The van der Waals surface area contributed by atoms with Crippen molar-refractivity contribution in [2.45, 2.75) is 58.2 Å². The highest BCUT2D eigenvalue weighted by Crippen LogP contribution is 2.41. The molecule has 0 heterocycles. The molecule has 0 bridgehead atoms. The highest BCUT2D eigenvalue weighted by atomic mass is 28.3. The molecular formula is C23H32O3Si-. The summed E-state index contributed by atoms with van der Waals surface area (Å²) in [4.78, 5) is 0. The fourth-order valence-corrected chi connectivity index (χ4v) is 9.52. The predicted molar refractivity (Wildman–Crippen MR) is 116 cm³/mol. The summed E-state index contributed by atoms with van der Waals surface area (Å²) < 4.78 is 10.4. The summed E-state index contributed by atoms with van der Waals surface area (Å²) in [6, 6.07) is 9.49. The van der Waals surface area contributed by atoms with Gasteiger partial charge in [0.2, 0.25) is 0 Å². The molecule has 0 spiro atoms. The topological polar surface area (TPSA) is 38.7 Å². The van der Waals surface area contributed by atoms with Gasteiger partial charge in [0.05, 0.1) is 0 Å². The molecule has 1 N–H and O–H groups in total. The number of hydrogen-bond donors (Lipinski definition) is 1. The van der Waals surface area contributed by atoms with Gasteiger partial charge in [0.15, 0.2) is 6.79 Å². The van der Waals surface area contributed by atoms with Gasteiger partial charge in [-0.05, 0) is 17.5 Å². The van der Waals surface area contributed by atoms with E-state index in [2.05, 4.69) is 53.0 Å². The van der Waals surface area contributed by atoms with E-state index in [0.717, 1.165) is 16.3 Å². The minimum atomic E-state index is -1.83. The second kappa shape index (κ2) is 8.82. The first kappa shape index (κ1) is 21.3. The first-order chi connectivity index (χ1) is 12.7. The molecule has 0 amide bonds. The zero-order chi connectivity index (χ0) is 20.2. The van der Waals surface area contributed by atoms with Gasteiger partial charge in [-0.3, -0.25) is 5.54 Å². The van der Waals surface area contributed by atoms with Crippen LogP contribution in [0.15, 0.2) is 30.3 Å². The van der Waals surface area contributed by atoms with Crippen molar-refractivity contribution in [3.05, 3.63) is 35.9 Å². The monoisotopic (exact) mass is 384 g/mol. The Bertz CT molecular complexity index is 822. The van der Waals surface area contributed by atoms with Crippen molar-refractivity contribution >= 4 is 18.8 Å². The maximum Gasteiger partial charge on any atom is 0.188 e. The molecule has 3 nitrogen and oxygen atoms in total. The van der Waals surface area contributed by atoms with Gasteiger partial charge in [-0.15, -0.1) is 22.5 Å². The number of methoxy groups -OCH3 is 1. The van der Waals surface area contributed by atoms with Crippen LogP contribution in [-0.2, 0) is 4.74 Å². The Kier molecular flexibility index (Phi) is 6.97. The molecule has 0 saturated carbocycles. The van der Waals surface area contributed by atoms with E-state index in [1.54, 1.807) is 13.2 Å². The standard InChI is InChI=1S/C23H32O3Si/c1-16(2)27(17(3)4,18(5)6)12-11-19-9-8-10-20-13-21(26-15-25-7)14-22(24)23(19)20/h8-10,13-14,16-18,24H,15H2,1-7H3/q-1. The third kappa shape index (κ3) is 4.31. The largest absolute Gasteiger partial charge is 0.507 e. The van der Waals surface area contributed by atoms with E-state index in [-0.39, 0.29) is 12.5 Å². The molecule has 2 aromatic rings. The van der Waals surface area contributed by atoms with Gasteiger partial charge in [-0.25, -0.2) is 0 Å². The number of rotatable bonds is 6. The average molecular weight is 385 g/mol. The Balaban J connectivity index is 2.59. The summed E-state index contributed by atoms with van der Waals surface area (Å²) in [5, 5.41) is 12.3. The van der Waals surface area contributed by atoms with E-state index in [4.69, 9.17) is 9.47 Å². The van der Waals surface area contributed by atoms with Gasteiger partial charge in [0, 0.05) is 24.1 Å². The van der Waals surface area contributed by atoms with Crippen molar-refractivity contribution in [3.63, 3.8) is 0 Å². The van der Waals surface area contributed by atoms with Crippen LogP contribution in [0.4, 0.5) is 0 Å². The fraction of sp³-hybridized carbons (Fsp3) is 0.478. The third-order valence-electron chi connectivity index (χ3n) is 5.55. The molecular weight excluding hydrogens is 352 g/mol. The molecule has 0 unspecified atom stereocenters. The Morgan fingerprint density at radius 3 is 2.19 bits per heavy atom. The second-order valence-corrected chi connectivity index (χ2v) is 13.6. The van der Waals surface area contributed by atoms with Gasteiger partial charge in [-0.1, -0.05) is 61.7 Å². The molecule has 27 heavy (non-hydrogen) atoms. The zero-order valence-electron chi connectivity index (χ0n) is 17.6. The number of ether oxygens (including phenoxy) is 2. The van der Waals surface area contributed by atoms with Crippen molar-refractivity contribution in [2.24, 2.45) is 0 Å². The summed E-state index contributed by atoms with van der Waals surface area (Å²) in [6.07, 6.45) is 0. The number of hydrogen-bond acceptors (Lipinski definition) is 3. The van der Waals surface area contributed by atoms with Crippen molar-refractivity contribution in [3.8, 4) is 23.0 Å². The van der Waals surface area contributed by atoms with Crippen LogP contribution in [-0.4, -0.2) is 27.1 Å². The van der Waals surface area contributed by atoms with Crippen LogP contribution in [0.3, 0.4) is 0 Å². The zero-order valence-corrected chi connectivity index (χ0v) is 18.6. The van der Waals surface area contributed by atoms with E-state index in [9.17, 15) is 5.11 Å². The van der Waals surface area contributed by atoms with Crippen LogP contribution in [0.1, 0.15) is 47.1 Å². The summed E-state index contributed by atoms with van der Waals surface area (Å²) in [5.41, 5.74) is 6.34. The minimum absolute atomic E-state index is 0.149. The Morgan fingerprint density at radius 2 is 1.63 bits per heavy atom.